The number of benzene rings is 1. The van der Waals surface area contributed by atoms with Crippen LogP contribution in [0.2, 0.25) is 0 Å². The smallest absolute Gasteiger partial charge is 0.257 e. The van der Waals surface area contributed by atoms with Gasteiger partial charge in [-0.2, -0.15) is 0 Å². The molecule has 0 radical (unpaired) electrons. The van der Waals surface area contributed by atoms with E-state index in [-0.39, 0.29) is 5.91 Å². The van der Waals surface area contributed by atoms with Crippen molar-refractivity contribution < 1.29 is 4.79 Å². The second kappa shape index (κ2) is 7.35. The first-order valence-electron chi connectivity index (χ1n) is 6.59. The van der Waals surface area contributed by atoms with Crippen molar-refractivity contribution in [3.8, 4) is 0 Å². The van der Waals surface area contributed by atoms with E-state index in [2.05, 4.69) is 9.97 Å². The summed E-state index contributed by atoms with van der Waals surface area (Å²) < 4.78 is 0. The zero-order valence-corrected chi connectivity index (χ0v) is 11.3. The molecule has 2 aromatic rings. The number of amides is 1. The van der Waals surface area contributed by atoms with Crippen LogP contribution in [0.4, 0.5) is 0 Å². The summed E-state index contributed by atoms with van der Waals surface area (Å²) in [5.74, 6) is -0.0668. The zero-order chi connectivity index (χ0) is 14.2. The summed E-state index contributed by atoms with van der Waals surface area (Å²) in [6, 6.07) is 9.90. The predicted octanol–water partition coefficient (Wildman–Crippen LogP) is 1.47. The summed E-state index contributed by atoms with van der Waals surface area (Å²) in [5, 5.41) is 0. The predicted molar refractivity (Wildman–Crippen MR) is 76.9 cm³/mol. The standard InChI is InChI=1S/C15H18N4O/c16-7-4-8-19(11-13-5-2-1-3-6-13)15(20)14-9-17-12-18-10-14/h1-3,5-6,9-10,12H,4,7-8,11,16H2. The van der Waals surface area contributed by atoms with Crippen LogP contribution in [-0.2, 0) is 6.54 Å². The quantitative estimate of drug-likeness (QED) is 0.862. The van der Waals surface area contributed by atoms with Crippen molar-refractivity contribution >= 4 is 5.91 Å². The lowest BCUT2D eigenvalue weighted by atomic mass is 10.2. The number of aromatic nitrogens is 2. The molecule has 0 unspecified atom stereocenters. The number of hydrogen-bond acceptors (Lipinski definition) is 4. The fraction of sp³-hybridized carbons (Fsp3) is 0.267. The Hall–Kier alpha value is -2.27. The van der Waals surface area contributed by atoms with Crippen molar-refractivity contribution in [1.82, 2.24) is 14.9 Å². The van der Waals surface area contributed by atoms with E-state index in [1.165, 1.54) is 18.7 Å². The number of hydrogen-bond donors (Lipinski definition) is 1. The fourth-order valence-corrected chi connectivity index (χ4v) is 1.93. The number of nitrogens with two attached hydrogens (primary N) is 1. The molecule has 0 spiro atoms. The molecule has 5 heteroatoms. The van der Waals surface area contributed by atoms with E-state index in [4.69, 9.17) is 5.73 Å². The molecular formula is C15H18N4O. The van der Waals surface area contributed by atoms with Crippen LogP contribution in [0, 0.1) is 0 Å². The molecular weight excluding hydrogens is 252 g/mol. The third-order valence-electron chi connectivity index (χ3n) is 2.94. The van der Waals surface area contributed by atoms with E-state index in [1.807, 2.05) is 30.3 Å². The Morgan fingerprint density at radius 2 is 1.85 bits per heavy atom. The molecule has 0 aliphatic rings. The van der Waals surface area contributed by atoms with E-state index in [1.54, 1.807) is 4.90 Å². The molecule has 0 aliphatic carbocycles. The lowest BCUT2D eigenvalue weighted by Crippen LogP contribution is -2.32. The fourth-order valence-electron chi connectivity index (χ4n) is 1.93. The minimum atomic E-state index is -0.0668. The number of nitrogens with zero attached hydrogens (tertiary/aromatic N) is 3. The Labute approximate surface area is 118 Å². The molecule has 1 amide bonds. The third kappa shape index (κ3) is 3.86. The molecule has 0 aliphatic heterocycles. The van der Waals surface area contributed by atoms with Crippen molar-refractivity contribution in [3.05, 3.63) is 60.2 Å². The van der Waals surface area contributed by atoms with Gasteiger partial charge in [-0.1, -0.05) is 30.3 Å². The monoisotopic (exact) mass is 270 g/mol. The highest BCUT2D eigenvalue weighted by Gasteiger charge is 2.16. The van der Waals surface area contributed by atoms with Crippen molar-refractivity contribution in [2.75, 3.05) is 13.1 Å². The summed E-state index contributed by atoms with van der Waals surface area (Å²) in [4.78, 5) is 22.0. The van der Waals surface area contributed by atoms with Crippen LogP contribution in [0.3, 0.4) is 0 Å². The van der Waals surface area contributed by atoms with Crippen molar-refractivity contribution in [1.29, 1.82) is 0 Å². The maximum absolute atomic E-state index is 12.5. The maximum atomic E-state index is 12.5. The van der Waals surface area contributed by atoms with Gasteiger partial charge < -0.3 is 10.6 Å². The number of rotatable bonds is 6. The SMILES string of the molecule is NCCCN(Cc1ccccc1)C(=O)c1cncnc1. The summed E-state index contributed by atoms with van der Waals surface area (Å²) >= 11 is 0. The summed E-state index contributed by atoms with van der Waals surface area (Å²) in [5.41, 5.74) is 7.14. The molecule has 2 N–H and O–H groups in total. The molecule has 0 fully saturated rings. The lowest BCUT2D eigenvalue weighted by Gasteiger charge is -2.22. The van der Waals surface area contributed by atoms with E-state index in [0.29, 0.717) is 25.2 Å². The van der Waals surface area contributed by atoms with Gasteiger partial charge in [-0.05, 0) is 18.5 Å². The minimum Gasteiger partial charge on any atom is -0.334 e. The Kier molecular flexibility index (Phi) is 5.20. The largest absolute Gasteiger partial charge is 0.334 e. The molecule has 20 heavy (non-hydrogen) atoms. The molecule has 0 saturated heterocycles. The van der Waals surface area contributed by atoms with Crippen LogP contribution in [0.5, 0.6) is 0 Å². The van der Waals surface area contributed by atoms with Crippen LogP contribution in [-0.4, -0.2) is 33.9 Å². The molecule has 5 nitrogen and oxygen atoms in total. The van der Waals surface area contributed by atoms with Crippen molar-refractivity contribution in [2.24, 2.45) is 5.73 Å². The average Bonchev–Trinajstić information content (AvgIpc) is 2.52. The highest BCUT2D eigenvalue weighted by molar-refractivity contribution is 5.93. The first kappa shape index (κ1) is 14.1. The minimum absolute atomic E-state index is 0.0668. The van der Waals surface area contributed by atoms with Gasteiger partial charge in [0, 0.05) is 25.5 Å². The van der Waals surface area contributed by atoms with Gasteiger partial charge in [0.2, 0.25) is 0 Å². The summed E-state index contributed by atoms with van der Waals surface area (Å²) in [6.07, 6.45) is 5.26. The van der Waals surface area contributed by atoms with Crippen LogP contribution >= 0.6 is 0 Å². The van der Waals surface area contributed by atoms with E-state index >= 15 is 0 Å². The number of carbonyl (C=O) groups is 1. The van der Waals surface area contributed by atoms with Gasteiger partial charge in [0.25, 0.3) is 5.91 Å². The number of carbonyl (C=O) groups excluding carboxylic acids is 1. The molecule has 104 valence electrons. The maximum Gasteiger partial charge on any atom is 0.257 e. The van der Waals surface area contributed by atoms with Gasteiger partial charge >= 0.3 is 0 Å². The van der Waals surface area contributed by atoms with Gasteiger partial charge in [0.15, 0.2) is 0 Å². The normalized spacial score (nSPS) is 10.2. The van der Waals surface area contributed by atoms with E-state index < -0.39 is 0 Å². The van der Waals surface area contributed by atoms with Crippen molar-refractivity contribution in [2.45, 2.75) is 13.0 Å². The molecule has 2 rings (SSSR count). The van der Waals surface area contributed by atoms with Gasteiger partial charge in [-0.15, -0.1) is 0 Å². The van der Waals surface area contributed by atoms with Crippen molar-refractivity contribution in [3.63, 3.8) is 0 Å². The highest BCUT2D eigenvalue weighted by Crippen LogP contribution is 2.09. The van der Waals surface area contributed by atoms with Crippen LogP contribution in [0.1, 0.15) is 22.3 Å². The lowest BCUT2D eigenvalue weighted by molar-refractivity contribution is 0.0741. The second-order valence-corrected chi connectivity index (χ2v) is 4.48. The highest BCUT2D eigenvalue weighted by atomic mass is 16.2. The molecule has 1 aromatic heterocycles. The summed E-state index contributed by atoms with van der Waals surface area (Å²) in [6.45, 7) is 1.75. The van der Waals surface area contributed by atoms with Crippen LogP contribution in [0.25, 0.3) is 0 Å². The third-order valence-corrected chi connectivity index (χ3v) is 2.94. The molecule has 1 heterocycles. The van der Waals surface area contributed by atoms with Gasteiger partial charge in [0.05, 0.1) is 5.56 Å². The zero-order valence-electron chi connectivity index (χ0n) is 11.3. The van der Waals surface area contributed by atoms with E-state index in [0.717, 1.165) is 12.0 Å². The molecule has 0 atom stereocenters. The summed E-state index contributed by atoms with van der Waals surface area (Å²) in [7, 11) is 0. The van der Waals surface area contributed by atoms with Gasteiger partial charge in [-0.25, -0.2) is 9.97 Å². The van der Waals surface area contributed by atoms with Gasteiger partial charge in [0.1, 0.15) is 6.33 Å². The first-order valence-corrected chi connectivity index (χ1v) is 6.59. The van der Waals surface area contributed by atoms with Crippen LogP contribution in [0.15, 0.2) is 49.1 Å². The van der Waals surface area contributed by atoms with Crippen LogP contribution < -0.4 is 5.73 Å². The second-order valence-electron chi connectivity index (χ2n) is 4.48. The average molecular weight is 270 g/mol. The Balaban J connectivity index is 2.13. The van der Waals surface area contributed by atoms with Gasteiger partial charge in [-0.3, -0.25) is 4.79 Å². The Bertz CT molecular complexity index is 530. The molecule has 1 aromatic carbocycles. The first-order chi connectivity index (χ1) is 9.81. The van der Waals surface area contributed by atoms with E-state index in [9.17, 15) is 4.79 Å². The Morgan fingerprint density at radius 3 is 2.50 bits per heavy atom. The molecule has 0 saturated carbocycles. The molecule has 0 bridgehead atoms. The topological polar surface area (TPSA) is 72.1 Å². The Morgan fingerprint density at radius 1 is 1.15 bits per heavy atom.